The Balaban J connectivity index is 1.67. The standard InChI is InChI=1S/C22H23ClN4O2S/c1-4-12-27-21(17-8-10-18(23)11-9-17)24-25-22(27)30-15-20(28)26(2)14-16-6-5-7-19(13-16)29-3/h4-11,13H,1,12,14-15H2,2-3H3. The molecule has 3 rings (SSSR count). The summed E-state index contributed by atoms with van der Waals surface area (Å²) in [6.07, 6.45) is 1.78. The molecular weight excluding hydrogens is 420 g/mol. The minimum atomic E-state index is 0.00372. The zero-order valence-corrected chi connectivity index (χ0v) is 18.5. The van der Waals surface area contributed by atoms with Gasteiger partial charge >= 0.3 is 0 Å². The summed E-state index contributed by atoms with van der Waals surface area (Å²) in [5.74, 6) is 1.75. The zero-order chi connectivity index (χ0) is 21.5. The lowest BCUT2D eigenvalue weighted by atomic mass is 10.2. The van der Waals surface area contributed by atoms with Crippen LogP contribution in [0.25, 0.3) is 11.4 Å². The van der Waals surface area contributed by atoms with Crippen LogP contribution in [0.15, 0.2) is 66.3 Å². The number of aromatic nitrogens is 3. The number of hydrogen-bond acceptors (Lipinski definition) is 5. The Morgan fingerprint density at radius 2 is 2.03 bits per heavy atom. The minimum absolute atomic E-state index is 0.00372. The van der Waals surface area contributed by atoms with Crippen molar-refractivity contribution < 1.29 is 9.53 Å². The van der Waals surface area contributed by atoms with Crippen molar-refractivity contribution in [3.8, 4) is 17.1 Å². The molecule has 1 heterocycles. The monoisotopic (exact) mass is 442 g/mol. The molecule has 1 aromatic heterocycles. The number of carbonyl (C=O) groups is 1. The molecule has 6 nitrogen and oxygen atoms in total. The number of halogens is 1. The first-order valence-corrected chi connectivity index (χ1v) is 10.7. The number of ether oxygens (including phenoxy) is 1. The van der Waals surface area contributed by atoms with Crippen LogP contribution in [0, 0.1) is 0 Å². The van der Waals surface area contributed by atoms with E-state index in [2.05, 4.69) is 16.8 Å². The maximum absolute atomic E-state index is 12.6. The lowest BCUT2D eigenvalue weighted by Crippen LogP contribution is -2.27. The van der Waals surface area contributed by atoms with E-state index < -0.39 is 0 Å². The highest BCUT2D eigenvalue weighted by molar-refractivity contribution is 7.99. The van der Waals surface area contributed by atoms with Gasteiger partial charge in [-0.1, -0.05) is 41.6 Å². The lowest BCUT2D eigenvalue weighted by molar-refractivity contribution is -0.127. The summed E-state index contributed by atoms with van der Waals surface area (Å²) >= 11 is 7.34. The third-order valence-corrected chi connectivity index (χ3v) is 5.64. The number of amides is 1. The van der Waals surface area contributed by atoms with Gasteiger partial charge in [0, 0.05) is 30.7 Å². The molecule has 8 heteroatoms. The van der Waals surface area contributed by atoms with Gasteiger partial charge in [0.2, 0.25) is 5.91 Å². The van der Waals surface area contributed by atoms with Gasteiger partial charge in [0.25, 0.3) is 0 Å². The van der Waals surface area contributed by atoms with Crippen LogP contribution in [-0.4, -0.2) is 45.5 Å². The molecule has 2 aromatic carbocycles. The molecule has 0 radical (unpaired) electrons. The predicted octanol–water partition coefficient (Wildman–Crippen LogP) is 4.54. The summed E-state index contributed by atoms with van der Waals surface area (Å²) in [4.78, 5) is 14.3. The van der Waals surface area contributed by atoms with Crippen molar-refractivity contribution in [2.24, 2.45) is 0 Å². The number of methoxy groups -OCH3 is 1. The fourth-order valence-electron chi connectivity index (χ4n) is 2.87. The summed E-state index contributed by atoms with van der Waals surface area (Å²) in [5, 5.41) is 9.92. The first kappa shape index (κ1) is 21.9. The number of allylic oxidation sites excluding steroid dienone is 1. The number of hydrogen-bond donors (Lipinski definition) is 0. The molecule has 30 heavy (non-hydrogen) atoms. The Labute approximate surface area is 185 Å². The molecule has 0 aliphatic carbocycles. The molecule has 3 aromatic rings. The Kier molecular flexibility index (Phi) is 7.54. The SMILES string of the molecule is C=CCn1c(SCC(=O)N(C)Cc2cccc(OC)c2)nnc1-c1ccc(Cl)cc1. The molecule has 0 saturated heterocycles. The molecule has 0 aliphatic heterocycles. The Morgan fingerprint density at radius 3 is 2.73 bits per heavy atom. The maximum Gasteiger partial charge on any atom is 0.233 e. The van der Waals surface area contributed by atoms with Gasteiger partial charge in [-0.3, -0.25) is 9.36 Å². The number of nitrogens with zero attached hydrogens (tertiary/aromatic N) is 4. The van der Waals surface area contributed by atoms with E-state index in [-0.39, 0.29) is 11.7 Å². The van der Waals surface area contributed by atoms with Crippen molar-refractivity contribution in [1.29, 1.82) is 0 Å². The van der Waals surface area contributed by atoms with Gasteiger partial charge in [-0.05, 0) is 42.0 Å². The fourth-order valence-corrected chi connectivity index (χ4v) is 3.89. The van der Waals surface area contributed by atoms with Crippen LogP contribution in [0.5, 0.6) is 5.75 Å². The average molecular weight is 443 g/mol. The van der Waals surface area contributed by atoms with Gasteiger partial charge in [-0.25, -0.2) is 0 Å². The molecule has 1 amide bonds. The predicted molar refractivity (Wildman–Crippen MR) is 121 cm³/mol. The Hall–Kier alpha value is -2.77. The molecule has 0 bridgehead atoms. The van der Waals surface area contributed by atoms with Crippen molar-refractivity contribution >= 4 is 29.3 Å². The van der Waals surface area contributed by atoms with Crippen LogP contribution in [0.2, 0.25) is 5.02 Å². The largest absolute Gasteiger partial charge is 0.497 e. The van der Waals surface area contributed by atoms with Gasteiger partial charge in [-0.2, -0.15) is 0 Å². The normalized spacial score (nSPS) is 10.6. The molecule has 0 atom stereocenters. The van der Waals surface area contributed by atoms with Gasteiger partial charge in [-0.15, -0.1) is 16.8 Å². The summed E-state index contributed by atoms with van der Waals surface area (Å²) in [7, 11) is 3.41. The second-order valence-corrected chi connectivity index (χ2v) is 7.98. The van der Waals surface area contributed by atoms with E-state index in [0.717, 1.165) is 16.9 Å². The van der Waals surface area contributed by atoms with E-state index in [1.165, 1.54) is 11.8 Å². The fraction of sp³-hybridized carbons (Fsp3) is 0.227. The third kappa shape index (κ3) is 5.43. The van der Waals surface area contributed by atoms with Crippen LogP contribution < -0.4 is 4.74 Å². The van der Waals surface area contributed by atoms with Crippen LogP contribution in [0.4, 0.5) is 0 Å². The number of carbonyl (C=O) groups excluding carboxylic acids is 1. The van der Waals surface area contributed by atoms with Crippen LogP contribution in [0.1, 0.15) is 5.56 Å². The second-order valence-electron chi connectivity index (χ2n) is 6.60. The summed E-state index contributed by atoms with van der Waals surface area (Å²) < 4.78 is 7.18. The van der Waals surface area contributed by atoms with Gasteiger partial charge in [0.1, 0.15) is 5.75 Å². The molecule has 0 spiro atoms. The van der Waals surface area contributed by atoms with E-state index in [1.807, 2.05) is 53.1 Å². The first-order chi connectivity index (χ1) is 14.5. The first-order valence-electron chi connectivity index (χ1n) is 9.31. The molecule has 0 saturated carbocycles. The average Bonchev–Trinajstić information content (AvgIpc) is 3.15. The summed E-state index contributed by atoms with van der Waals surface area (Å²) in [5.41, 5.74) is 1.91. The highest BCUT2D eigenvalue weighted by Crippen LogP contribution is 2.25. The molecular formula is C22H23ClN4O2S. The summed E-state index contributed by atoms with van der Waals surface area (Å²) in [6.45, 7) is 4.87. The van der Waals surface area contributed by atoms with Crippen molar-refractivity contribution in [3.05, 3.63) is 71.8 Å². The van der Waals surface area contributed by atoms with Crippen molar-refractivity contribution in [2.75, 3.05) is 19.9 Å². The molecule has 0 aliphatic rings. The van der Waals surface area contributed by atoms with Gasteiger partial charge in [0.15, 0.2) is 11.0 Å². The highest BCUT2D eigenvalue weighted by Gasteiger charge is 2.17. The number of thioether (sulfide) groups is 1. The summed E-state index contributed by atoms with van der Waals surface area (Å²) in [6, 6.07) is 15.1. The van der Waals surface area contributed by atoms with Crippen LogP contribution >= 0.6 is 23.4 Å². The minimum Gasteiger partial charge on any atom is -0.497 e. The van der Waals surface area contributed by atoms with Crippen LogP contribution in [-0.2, 0) is 17.9 Å². The second kappa shape index (κ2) is 10.3. The Morgan fingerprint density at radius 1 is 1.27 bits per heavy atom. The quantitative estimate of drug-likeness (QED) is 0.359. The number of rotatable bonds is 9. The van der Waals surface area contributed by atoms with E-state index >= 15 is 0 Å². The van der Waals surface area contributed by atoms with Crippen molar-refractivity contribution in [1.82, 2.24) is 19.7 Å². The molecule has 156 valence electrons. The maximum atomic E-state index is 12.6. The van der Waals surface area contributed by atoms with Crippen molar-refractivity contribution in [3.63, 3.8) is 0 Å². The van der Waals surface area contributed by atoms with Crippen LogP contribution in [0.3, 0.4) is 0 Å². The zero-order valence-electron chi connectivity index (χ0n) is 16.9. The third-order valence-electron chi connectivity index (χ3n) is 4.44. The molecule has 0 N–H and O–H groups in total. The lowest BCUT2D eigenvalue weighted by Gasteiger charge is -2.17. The molecule has 0 unspecified atom stereocenters. The van der Waals surface area contributed by atoms with E-state index in [0.29, 0.717) is 29.1 Å². The smallest absolute Gasteiger partial charge is 0.233 e. The van der Waals surface area contributed by atoms with E-state index in [1.54, 1.807) is 25.1 Å². The topological polar surface area (TPSA) is 60.2 Å². The highest BCUT2D eigenvalue weighted by atomic mass is 35.5. The number of benzene rings is 2. The van der Waals surface area contributed by atoms with Crippen molar-refractivity contribution in [2.45, 2.75) is 18.2 Å². The van der Waals surface area contributed by atoms with Gasteiger partial charge < -0.3 is 9.64 Å². The molecule has 0 fully saturated rings. The van der Waals surface area contributed by atoms with E-state index in [4.69, 9.17) is 16.3 Å². The van der Waals surface area contributed by atoms with Gasteiger partial charge in [0.05, 0.1) is 12.9 Å². The Bertz CT molecular complexity index is 1020. The van der Waals surface area contributed by atoms with E-state index in [9.17, 15) is 4.79 Å².